The normalized spacial score (nSPS) is 9.62. The third-order valence-electron chi connectivity index (χ3n) is 2.62. The van der Waals surface area contributed by atoms with Crippen molar-refractivity contribution in [3.8, 4) is 0 Å². The van der Waals surface area contributed by atoms with Crippen LogP contribution in [-0.2, 0) is 9.63 Å². The van der Waals surface area contributed by atoms with E-state index < -0.39 is 0 Å². The van der Waals surface area contributed by atoms with E-state index in [4.69, 9.17) is 5.90 Å². The molecule has 0 aromatic heterocycles. The van der Waals surface area contributed by atoms with E-state index in [1.54, 1.807) is 0 Å². The Kier molecular flexibility index (Phi) is 18.1. The molecule has 0 bridgehead atoms. The molecular formula is C12H26NNaO2. The summed E-state index contributed by atoms with van der Waals surface area (Å²) in [5.74, 6) is 4.44. The first-order chi connectivity index (χ1) is 7.31. The van der Waals surface area contributed by atoms with Gasteiger partial charge in [-0.05, 0) is 6.42 Å². The van der Waals surface area contributed by atoms with Gasteiger partial charge in [0.15, 0.2) is 0 Å². The molecule has 92 valence electrons. The summed E-state index contributed by atoms with van der Waals surface area (Å²) < 4.78 is 0. The number of carbonyl (C=O) groups is 1. The third-order valence-corrected chi connectivity index (χ3v) is 2.62. The summed E-state index contributed by atoms with van der Waals surface area (Å²) >= 11 is 0. The molecule has 0 aliphatic heterocycles. The Morgan fingerprint density at radius 2 is 1.38 bits per heavy atom. The first-order valence-electron chi connectivity index (χ1n) is 6.20. The molecule has 0 radical (unpaired) electrons. The second-order valence-corrected chi connectivity index (χ2v) is 4.07. The molecule has 0 amide bonds. The van der Waals surface area contributed by atoms with Crippen LogP contribution >= 0.6 is 0 Å². The molecule has 0 aliphatic carbocycles. The molecule has 0 unspecified atom stereocenters. The Morgan fingerprint density at radius 1 is 0.938 bits per heavy atom. The molecule has 0 spiro atoms. The zero-order valence-electron chi connectivity index (χ0n) is 9.96. The summed E-state index contributed by atoms with van der Waals surface area (Å²) in [6, 6.07) is 0. The zero-order valence-corrected chi connectivity index (χ0v) is 9.96. The maximum absolute atomic E-state index is 10.7. The predicted octanol–water partition coefficient (Wildman–Crippen LogP) is 2.68. The van der Waals surface area contributed by atoms with Crippen molar-refractivity contribution in [2.75, 3.05) is 0 Å². The Hall–Kier alpha value is 0.430. The second kappa shape index (κ2) is 15.4. The van der Waals surface area contributed by atoms with E-state index in [-0.39, 0.29) is 35.5 Å². The van der Waals surface area contributed by atoms with E-state index in [0.29, 0.717) is 6.42 Å². The average molecular weight is 239 g/mol. The molecule has 0 atom stereocenters. The van der Waals surface area contributed by atoms with Crippen molar-refractivity contribution < 1.29 is 9.63 Å². The van der Waals surface area contributed by atoms with Crippen molar-refractivity contribution in [2.24, 2.45) is 5.90 Å². The predicted molar refractivity (Wildman–Crippen MR) is 69.3 cm³/mol. The third kappa shape index (κ3) is 14.4. The van der Waals surface area contributed by atoms with E-state index in [1.165, 1.54) is 44.9 Å². The second-order valence-electron chi connectivity index (χ2n) is 4.07. The molecule has 0 heterocycles. The van der Waals surface area contributed by atoms with Gasteiger partial charge in [-0.3, -0.25) is 4.79 Å². The van der Waals surface area contributed by atoms with Gasteiger partial charge >= 0.3 is 35.5 Å². The Morgan fingerprint density at radius 3 is 1.81 bits per heavy atom. The van der Waals surface area contributed by atoms with Crippen LogP contribution < -0.4 is 5.90 Å². The summed E-state index contributed by atoms with van der Waals surface area (Å²) in [7, 11) is 0. The average Bonchev–Trinajstić information content (AvgIpc) is 2.26. The van der Waals surface area contributed by atoms with Crippen molar-refractivity contribution in [1.82, 2.24) is 0 Å². The van der Waals surface area contributed by atoms with E-state index >= 15 is 0 Å². The van der Waals surface area contributed by atoms with Gasteiger partial charge in [0.2, 0.25) is 0 Å². The standard InChI is InChI=1S/C12H25NO2.Na.H/c1-2-3-4-5-6-7-8-9-10-11-12(14)15-13;;/h2-11,13H2,1H3;;. The molecule has 0 saturated heterocycles. The quantitative estimate of drug-likeness (QED) is 0.362. The Bertz CT molecular complexity index is 154. The van der Waals surface area contributed by atoms with Crippen LogP contribution in [0.5, 0.6) is 0 Å². The molecule has 16 heavy (non-hydrogen) atoms. The van der Waals surface area contributed by atoms with Crippen LogP contribution in [0.15, 0.2) is 0 Å². The molecule has 0 saturated carbocycles. The fraction of sp³-hybridized carbons (Fsp3) is 0.917. The van der Waals surface area contributed by atoms with E-state index in [2.05, 4.69) is 11.8 Å². The van der Waals surface area contributed by atoms with E-state index in [1.807, 2.05) is 0 Å². The van der Waals surface area contributed by atoms with Gasteiger partial charge < -0.3 is 4.84 Å². The van der Waals surface area contributed by atoms with Gasteiger partial charge in [-0.2, -0.15) is 5.90 Å². The van der Waals surface area contributed by atoms with Crippen molar-refractivity contribution in [3.05, 3.63) is 0 Å². The summed E-state index contributed by atoms with van der Waals surface area (Å²) in [4.78, 5) is 14.8. The van der Waals surface area contributed by atoms with Crippen molar-refractivity contribution in [3.63, 3.8) is 0 Å². The number of nitrogens with two attached hydrogens (primary N) is 1. The van der Waals surface area contributed by atoms with Crippen LogP contribution in [0.1, 0.15) is 71.1 Å². The van der Waals surface area contributed by atoms with Crippen molar-refractivity contribution in [1.29, 1.82) is 0 Å². The van der Waals surface area contributed by atoms with Crippen LogP contribution in [0.3, 0.4) is 0 Å². The van der Waals surface area contributed by atoms with Gasteiger partial charge in [0.05, 0.1) is 0 Å². The Labute approximate surface area is 122 Å². The molecule has 2 N–H and O–H groups in total. The fourth-order valence-electron chi connectivity index (χ4n) is 1.64. The molecule has 0 aromatic rings. The van der Waals surface area contributed by atoms with Crippen LogP contribution in [-0.4, -0.2) is 35.5 Å². The van der Waals surface area contributed by atoms with Crippen molar-refractivity contribution in [2.45, 2.75) is 71.1 Å². The van der Waals surface area contributed by atoms with Crippen LogP contribution in [0.4, 0.5) is 0 Å². The van der Waals surface area contributed by atoms with Crippen molar-refractivity contribution >= 4 is 35.5 Å². The molecule has 4 heteroatoms. The zero-order chi connectivity index (χ0) is 11.4. The van der Waals surface area contributed by atoms with Gasteiger partial charge in [-0.15, -0.1) is 0 Å². The SMILES string of the molecule is CCCCCCCCCCCC(=O)ON.[NaH]. The van der Waals surface area contributed by atoms with Gasteiger partial charge in [-0.25, -0.2) is 0 Å². The van der Waals surface area contributed by atoms with Gasteiger partial charge in [0.1, 0.15) is 0 Å². The minimum absolute atomic E-state index is 0. The number of hydrogen-bond donors (Lipinski definition) is 1. The monoisotopic (exact) mass is 239 g/mol. The van der Waals surface area contributed by atoms with Crippen LogP contribution in [0.2, 0.25) is 0 Å². The fourth-order valence-corrected chi connectivity index (χ4v) is 1.64. The topological polar surface area (TPSA) is 52.3 Å². The maximum atomic E-state index is 10.7. The minimum atomic E-state index is -0.294. The Balaban J connectivity index is 0. The number of rotatable bonds is 10. The van der Waals surface area contributed by atoms with Crippen LogP contribution in [0, 0.1) is 0 Å². The molecule has 0 fully saturated rings. The molecule has 0 aliphatic rings. The first-order valence-corrected chi connectivity index (χ1v) is 6.20. The number of unbranched alkanes of at least 4 members (excludes halogenated alkanes) is 8. The summed E-state index contributed by atoms with van der Waals surface area (Å²) in [6.45, 7) is 2.23. The molecular weight excluding hydrogens is 213 g/mol. The number of carbonyl (C=O) groups excluding carboxylic acids is 1. The van der Waals surface area contributed by atoms with E-state index in [9.17, 15) is 4.79 Å². The van der Waals surface area contributed by atoms with E-state index in [0.717, 1.165) is 12.8 Å². The number of hydrogen-bond acceptors (Lipinski definition) is 3. The summed E-state index contributed by atoms with van der Waals surface area (Å²) in [5, 5.41) is 0. The summed E-state index contributed by atoms with van der Waals surface area (Å²) in [5.41, 5.74) is 0. The van der Waals surface area contributed by atoms with Gasteiger partial charge in [-0.1, -0.05) is 58.3 Å². The molecule has 3 nitrogen and oxygen atoms in total. The molecule has 0 aromatic carbocycles. The first kappa shape index (κ1) is 18.8. The van der Waals surface area contributed by atoms with Crippen LogP contribution in [0.25, 0.3) is 0 Å². The van der Waals surface area contributed by atoms with Gasteiger partial charge in [0, 0.05) is 6.42 Å². The molecule has 0 rings (SSSR count). The summed E-state index contributed by atoms with van der Waals surface area (Å²) in [6.07, 6.45) is 11.7. The van der Waals surface area contributed by atoms with Gasteiger partial charge in [0.25, 0.3) is 0 Å².